The lowest BCUT2D eigenvalue weighted by atomic mass is 10.0. The van der Waals surface area contributed by atoms with Crippen molar-refractivity contribution in [3.05, 3.63) is 74.2 Å². The predicted molar refractivity (Wildman–Crippen MR) is 110 cm³/mol. The van der Waals surface area contributed by atoms with E-state index in [1.165, 1.54) is 0 Å². The highest BCUT2D eigenvalue weighted by molar-refractivity contribution is 6.37. The quantitative estimate of drug-likeness (QED) is 0.340. The summed E-state index contributed by atoms with van der Waals surface area (Å²) in [4.78, 5) is 4.70. The van der Waals surface area contributed by atoms with Crippen molar-refractivity contribution in [1.82, 2.24) is 0 Å². The van der Waals surface area contributed by atoms with Crippen LogP contribution >= 0.6 is 34.8 Å². The molecule has 0 spiro atoms. The number of aliphatic imine (C=N–C) groups is 1. The van der Waals surface area contributed by atoms with E-state index >= 15 is 0 Å². The number of halogens is 3. The number of ether oxygens (including phenoxy) is 2. The third-order valence-corrected chi connectivity index (χ3v) is 5.42. The Labute approximate surface area is 171 Å². The fourth-order valence-corrected chi connectivity index (χ4v) is 4.43. The largest absolute Gasteiger partial charge is 0.454 e. The molecule has 3 aromatic rings. The van der Waals surface area contributed by atoms with Gasteiger partial charge in [-0.1, -0.05) is 34.8 Å². The van der Waals surface area contributed by atoms with Gasteiger partial charge in [0, 0.05) is 27.4 Å². The summed E-state index contributed by atoms with van der Waals surface area (Å²) < 4.78 is 10.8. The first-order valence-corrected chi connectivity index (χ1v) is 9.46. The lowest BCUT2D eigenvalue weighted by Gasteiger charge is -2.09. The summed E-state index contributed by atoms with van der Waals surface area (Å²) in [7, 11) is 0. The van der Waals surface area contributed by atoms with E-state index in [1.54, 1.807) is 12.3 Å². The summed E-state index contributed by atoms with van der Waals surface area (Å²) >= 11 is 19.0. The molecule has 0 bridgehead atoms. The summed E-state index contributed by atoms with van der Waals surface area (Å²) in [6, 6.07) is 13.2. The van der Waals surface area contributed by atoms with Crippen molar-refractivity contribution in [3.63, 3.8) is 0 Å². The van der Waals surface area contributed by atoms with Crippen molar-refractivity contribution in [2.24, 2.45) is 4.99 Å². The Morgan fingerprint density at radius 1 is 0.815 bits per heavy atom. The van der Waals surface area contributed by atoms with Gasteiger partial charge < -0.3 is 9.47 Å². The second-order valence-electron chi connectivity index (χ2n) is 6.43. The first-order chi connectivity index (χ1) is 13.1. The molecule has 0 saturated heterocycles. The second kappa shape index (κ2) is 6.45. The van der Waals surface area contributed by atoms with E-state index in [0.717, 1.165) is 51.4 Å². The average molecular weight is 417 g/mol. The van der Waals surface area contributed by atoms with Gasteiger partial charge >= 0.3 is 0 Å². The van der Waals surface area contributed by atoms with E-state index in [2.05, 4.69) is 0 Å². The van der Waals surface area contributed by atoms with Gasteiger partial charge in [0.2, 0.25) is 6.79 Å². The molecule has 0 aromatic heterocycles. The van der Waals surface area contributed by atoms with Crippen LogP contribution < -0.4 is 9.47 Å². The third-order valence-electron chi connectivity index (χ3n) is 4.68. The zero-order valence-corrected chi connectivity index (χ0v) is 16.2. The smallest absolute Gasteiger partial charge is 0.231 e. The lowest BCUT2D eigenvalue weighted by molar-refractivity contribution is 0.174. The summed E-state index contributed by atoms with van der Waals surface area (Å²) in [5, 5.41) is 1.89. The first-order valence-electron chi connectivity index (χ1n) is 8.33. The number of hydrogen-bond acceptors (Lipinski definition) is 3. The molecule has 1 aliphatic heterocycles. The molecule has 2 aliphatic rings. The molecular weight excluding hydrogens is 405 g/mol. The molecule has 27 heavy (non-hydrogen) atoms. The Hall–Kier alpha value is -2.20. The normalized spacial score (nSPS) is 13.9. The van der Waals surface area contributed by atoms with Crippen LogP contribution in [0.4, 0.5) is 5.69 Å². The van der Waals surface area contributed by atoms with Crippen molar-refractivity contribution in [2.75, 3.05) is 6.79 Å². The van der Waals surface area contributed by atoms with Crippen LogP contribution in [0, 0.1) is 0 Å². The van der Waals surface area contributed by atoms with Gasteiger partial charge in [0.1, 0.15) is 0 Å². The van der Waals surface area contributed by atoms with Crippen LogP contribution in [0.2, 0.25) is 15.1 Å². The minimum atomic E-state index is 0.246. The number of rotatable bonds is 2. The minimum Gasteiger partial charge on any atom is -0.454 e. The molecule has 1 aliphatic carbocycles. The van der Waals surface area contributed by atoms with E-state index in [0.29, 0.717) is 15.1 Å². The highest BCUT2D eigenvalue weighted by Crippen LogP contribution is 2.48. The van der Waals surface area contributed by atoms with E-state index in [1.807, 2.05) is 36.4 Å². The average Bonchev–Trinajstić information content (AvgIpc) is 3.22. The predicted octanol–water partition coefficient (Wildman–Crippen LogP) is 6.70. The highest BCUT2D eigenvalue weighted by Gasteiger charge is 2.25. The van der Waals surface area contributed by atoms with Gasteiger partial charge in [0.05, 0.1) is 10.7 Å². The van der Waals surface area contributed by atoms with Crippen molar-refractivity contribution in [3.8, 4) is 22.6 Å². The molecule has 0 atom stereocenters. The molecule has 0 saturated carbocycles. The monoisotopic (exact) mass is 415 g/mol. The van der Waals surface area contributed by atoms with Gasteiger partial charge in [-0.3, -0.25) is 4.99 Å². The Morgan fingerprint density at radius 2 is 1.56 bits per heavy atom. The molecule has 0 fully saturated rings. The van der Waals surface area contributed by atoms with Crippen molar-refractivity contribution < 1.29 is 9.47 Å². The van der Waals surface area contributed by atoms with E-state index in [-0.39, 0.29) is 6.79 Å². The van der Waals surface area contributed by atoms with E-state index < -0.39 is 0 Å². The molecule has 0 N–H and O–H groups in total. The van der Waals surface area contributed by atoms with Crippen LogP contribution in [-0.4, -0.2) is 13.0 Å². The van der Waals surface area contributed by atoms with Crippen molar-refractivity contribution in [1.29, 1.82) is 0 Å². The van der Waals surface area contributed by atoms with Crippen LogP contribution in [0.1, 0.15) is 16.7 Å². The number of hydrogen-bond donors (Lipinski definition) is 0. The maximum atomic E-state index is 6.50. The molecule has 3 aromatic carbocycles. The van der Waals surface area contributed by atoms with Crippen LogP contribution in [0.25, 0.3) is 11.1 Å². The van der Waals surface area contributed by atoms with Crippen LogP contribution in [0.5, 0.6) is 11.5 Å². The number of nitrogens with zero attached hydrogens (tertiary/aromatic N) is 1. The zero-order valence-electron chi connectivity index (χ0n) is 13.9. The van der Waals surface area contributed by atoms with Gasteiger partial charge in [-0.05, 0) is 65.6 Å². The maximum Gasteiger partial charge on any atom is 0.231 e. The Bertz CT molecular complexity index is 1120. The molecule has 0 unspecified atom stereocenters. The molecule has 5 rings (SSSR count). The zero-order chi connectivity index (χ0) is 18.5. The summed E-state index contributed by atoms with van der Waals surface area (Å²) in [5.74, 6) is 1.46. The topological polar surface area (TPSA) is 30.8 Å². The molecular formula is C21H12Cl3NO2. The number of benzene rings is 3. The Kier molecular flexibility index (Phi) is 4.05. The lowest BCUT2D eigenvalue weighted by Crippen LogP contribution is -1.92. The molecule has 134 valence electrons. The summed E-state index contributed by atoms with van der Waals surface area (Å²) in [6.07, 6.45) is 2.52. The minimum absolute atomic E-state index is 0.246. The maximum absolute atomic E-state index is 6.50. The van der Waals surface area contributed by atoms with Gasteiger partial charge in [-0.2, -0.15) is 0 Å². The van der Waals surface area contributed by atoms with E-state index in [9.17, 15) is 0 Å². The van der Waals surface area contributed by atoms with Gasteiger partial charge in [-0.15, -0.1) is 0 Å². The van der Waals surface area contributed by atoms with Crippen molar-refractivity contribution in [2.45, 2.75) is 6.42 Å². The standard InChI is InChI=1S/C21H12Cl3NO2/c22-14-5-12-4-13-6-15(23)8-17(21(13)20(12)16(24)7-14)25-9-11-1-2-18-19(3-11)27-10-26-18/h1-3,5-9H,4,10H2. The van der Waals surface area contributed by atoms with Gasteiger partial charge in [0.15, 0.2) is 11.5 Å². The molecule has 0 amide bonds. The van der Waals surface area contributed by atoms with Crippen LogP contribution in [-0.2, 0) is 6.42 Å². The first kappa shape index (κ1) is 16.9. The molecule has 6 heteroatoms. The number of fused-ring (bicyclic) bond motifs is 4. The highest BCUT2D eigenvalue weighted by atomic mass is 35.5. The fraction of sp³-hybridized carbons (Fsp3) is 0.0952. The van der Waals surface area contributed by atoms with Crippen LogP contribution in [0.15, 0.2) is 47.5 Å². The second-order valence-corrected chi connectivity index (χ2v) is 7.71. The van der Waals surface area contributed by atoms with Crippen molar-refractivity contribution >= 4 is 46.7 Å². The van der Waals surface area contributed by atoms with Crippen LogP contribution in [0.3, 0.4) is 0 Å². The SMILES string of the molecule is Clc1cc(Cl)c2c(c1)Cc1cc(Cl)cc(N=Cc3ccc4c(c3)OCO4)c1-2. The summed E-state index contributed by atoms with van der Waals surface area (Å²) in [5.41, 5.74) is 5.86. The van der Waals surface area contributed by atoms with Gasteiger partial charge in [0.25, 0.3) is 0 Å². The molecule has 0 radical (unpaired) electrons. The molecule has 1 heterocycles. The summed E-state index contributed by atoms with van der Waals surface area (Å²) in [6.45, 7) is 0.246. The molecule has 3 nitrogen and oxygen atoms in total. The Morgan fingerprint density at radius 3 is 2.41 bits per heavy atom. The van der Waals surface area contributed by atoms with E-state index in [4.69, 9.17) is 49.3 Å². The van der Waals surface area contributed by atoms with Gasteiger partial charge in [-0.25, -0.2) is 0 Å². The third kappa shape index (κ3) is 2.96. The fourth-order valence-electron chi connectivity index (χ4n) is 3.57. The Balaban J connectivity index is 1.60.